The maximum Gasteiger partial charge on any atom is 0.225 e. The van der Waals surface area contributed by atoms with Crippen LogP contribution in [-0.4, -0.2) is 12.5 Å². The Balaban J connectivity index is 1.69. The van der Waals surface area contributed by atoms with Crippen molar-refractivity contribution >= 4 is 44.8 Å². The number of amides is 1. The molecule has 108 valence electrons. The number of carbonyl (C=O) groups excluding carboxylic acids is 1. The summed E-state index contributed by atoms with van der Waals surface area (Å²) in [5.41, 5.74) is 3.03. The van der Waals surface area contributed by atoms with E-state index in [2.05, 4.69) is 32.6 Å². The molecule has 2 aromatic carbocycles. The Morgan fingerprint density at radius 2 is 2.10 bits per heavy atom. The minimum atomic E-state index is -0.0125. The molecule has 0 fully saturated rings. The van der Waals surface area contributed by atoms with Crippen LogP contribution in [0, 0.1) is 0 Å². The maximum absolute atomic E-state index is 12.2. The highest BCUT2D eigenvalue weighted by Gasteiger charge is 2.24. The van der Waals surface area contributed by atoms with E-state index in [4.69, 9.17) is 11.6 Å². The van der Waals surface area contributed by atoms with Crippen LogP contribution in [0.2, 0.25) is 5.02 Å². The van der Waals surface area contributed by atoms with Gasteiger partial charge in [0.15, 0.2) is 0 Å². The number of rotatable bonds is 3. The lowest BCUT2D eigenvalue weighted by molar-refractivity contribution is -0.116. The van der Waals surface area contributed by atoms with Gasteiger partial charge in [0.1, 0.15) is 0 Å². The second kappa shape index (κ2) is 6.08. The fourth-order valence-electron chi connectivity index (χ4n) is 2.56. The fraction of sp³-hybridized carbons (Fsp3) is 0.188. The SMILES string of the molecule is O=C(CC1CNc2ccccc21)Nc1cccc(Cl)c1Br. The first-order chi connectivity index (χ1) is 10.1. The van der Waals surface area contributed by atoms with Crippen LogP contribution < -0.4 is 10.6 Å². The quantitative estimate of drug-likeness (QED) is 0.832. The van der Waals surface area contributed by atoms with E-state index >= 15 is 0 Å². The fourth-order valence-corrected chi connectivity index (χ4v) is 3.10. The Labute approximate surface area is 136 Å². The third kappa shape index (κ3) is 3.06. The Morgan fingerprint density at radius 1 is 1.29 bits per heavy atom. The van der Waals surface area contributed by atoms with Gasteiger partial charge < -0.3 is 10.6 Å². The van der Waals surface area contributed by atoms with Crippen molar-refractivity contribution in [3.05, 3.63) is 57.5 Å². The van der Waals surface area contributed by atoms with Gasteiger partial charge in [-0.05, 0) is 39.7 Å². The summed E-state index contributed by atoms with van der Waals surface area (Å²) in [5.74, 6) is 0.195. The number of benzene rings is 2. The predicted molar refractivity (Wildman–Crippen MR) is 90.1 cm³/mol. The molecular weight excluding hydrogens is 352 g/mol. The average molecular weight is 366 g/mol. The van der Waals surface area contributed by atoms with Crippen molar-refractivity contribution in [2.45, 2.75) is 12.3 Å². The zero-order valence-electron chi connectivity index (χ0n) is 11.2. The van der Waals surface area contributed by atoms with Crippen LogP contribution in [0.5, 0.6) is 0 Å². The summed E-state index contributed by atoms with van der Waals surface area (Å²) >= 11 is 9.41. The monoisotopic (exact) mass is 364 g/mol. The largest absolute Gasteiger partial charge is 0.384 e. The number of hydrogen-bond donors (Lipinski definition) is 2. The predicted octanol–water partition coefficient (Wildman–Crippen LogP) is 4.64. The molecule has 2 N–H and O–H groups in total. The number of anilines is 2. The minimum absolute atomic E-state index is 0.0125. The second-order valence-corrected chi connectivity index (χ2v) is 6.22. The normalized spacial score (nSPS) is 16.2. The first-order valence-corrected chi connectivity index (χ1v) is 7.89. The van der Waals surface area contributed by atoms with Gasteiger partial charge in [-0.2, -0.15) is 0 Å². The molecule has 1 unspecified atom stereocenters. The van der Waals surface area contributed by atoms with Crippen molar-refractivity contribution < 1.29 is 4.79 Å². The lowest BCUT2D eigenvalue weighted by atomic mass is 9.97. The molecule has 1 amide bonds. The van der Waals surface area contributed by atoms with E-state index in [-0.39, 0.29) is 11.8 Å². The molecule has 0 radical (unpaired) electrons. The molecule has 5 heteroatoms. The Morgan fingerprint density at radius 3 is 2.95 bits per heavy atom. The molecular formula is C16H14BrClN2O. The van der Waals surface area contributed by atoms with Gasteiger partial charge >= 0.3 is 0 Å². The molecule has 0 saturated carbocycles. The molecule has 1 heterocycles. The van der Waals surface area contributed by atoms with Crippen LogP contribution in [-0.2, 0) is 4.79 Å². The highest BCUT2D eigenvalue weighted by atomic mass is 79.9. The average Bonchev–Trinajstić information content (AvgIpc) is 2.87. The van der Waals surface area contributed by atoms with E-state index in [0.29, 0.717) is 21.6 Å². The Kier molecular flexibility index (Phi) is 4.17. The van der Waals surface area contributed by atoms with Crippen LogP contribution in [0.25, 0.3) is 0 Å². The van der Waals surface area contributed by atoms with Gasteiger partial charge in [0.2, 0.25) is 5.91 Å². The van der Waals surface area contributed by atoms with Crippen molar-refractivity contribution in [2.75, 3.05) is 17.2 Å². The first-order valence-electron chi connectivity index (χ1n) is 6.72. The highest BCUT2D eigenvalue weighted by Crippen LogP contribution is 2.34. The molecule has 2 aromatic rings. The van der Waals surface area contributed by atoms with Crippen LogP contribution in [0.15, 0.2) is 46.9 Å². The Bertz CT molecular complexity index is 690. The summed E-state index contributed by atoms with van der Waals surface area (Å²) in [6, 6.07) is 13.5. The number of nitrogens with one attached hydrogen (secondary N) is 2. The van der Waals surface area contributed by atoms with Gasteiger partial charge in [-0.25, -0.2) is 0 Å². The highest BCUT2D eigenvalue weighted by molar-refractivity contribution is 9.10. The molecule has 0 aromatic heterocycles. The number of hydrogen-bond acceptors (Lipinski definition) is 2. The van der Waals surface area contributed by atoms with Crippen LogP contribution in [0.4, 0.5) is 11.4 Å². The minimum Gasteiger partial charge on any atom is -0.384 e. The number of fused-ring (bicyclic) bond motifs is 1. The summed E-state index contributed by atoms with van der Waals surface area (Å²) < 4.78 is 0.713. The number of halogens is 2. The van der Waals surface area contributed by atoms with E-state index in [1.54, 1.807) is 6.07 Å². The summed E-state index contributed by atoms with van der Waals surface area (Å²) in [6.45, 7) is 0.795. The van der Waals surface area contributed by atoms with E-state index in [1.165, 1.54) is 5.56 Å². The third-order valence-electron chi connectivity index (χ3n) is 3.60. The lowest BCUT2D eigenvalue weighted by Gasteiger charge is -2.12. The van der Waals surface area contributed by atoms with Crippen molar-refractivity contribution in [2.24, 2.45) is 0 Å². The van der Waals surface area contributed by atoms with Crippen LogP contribution in [0.3, 0.4) is 0 Å². The van der Waals surface area contributed by atoms with Crippen LogP contribution >= 0.6 is 27.5 Å². The van der Waals surface area contributed by atoms with E-state index < -0.39 is 0 Å². The molecule has 1 aliphatic rings. The smallest absolute Gasteiger partial charge is 0.225 e. The maximum atomic E-state index is 12.2. The van der Waals surface area contributed by atoms with Gasteiger partial charge in [0.25, 0.3) is 0 Å². The standard InChI is InChI=1S/C16H14BrClN2O/c17-16-12(18)5-3-7-14(16)20-15(21)8-10-9-19-13-6-2-1-4-11(10)13/h1-7,10,19H,8-9H2,(H,20,21). The van der Waals surface area contributed by atoms with Crippen molar-refractivity contribution in [1.82, 2.24) is 0 Å². The molecule has 0 saturated heterocycles. The van der Waals surface area contributed by atoms with Gasteiger partial charge in [0.05, 0.1) is 15.2 Å². The Hall–Kier alpha value is -1.52. The summed E-state index contributed by atoms with van der Waals surface area (Å²) in [6.07, 6.45) is 0.447. The topological polar surface area (TPSA) is 41.1 Å². The van der Waals surface area contributed by atoms with Gasteiger partial charge in [-0.15, -0.1) is 0 Å². The number of carbonyl (C=O) groups is 1. The van der Waals surface area contributed by atoms with Gasteiger partial charge in [0, 0.05) is 24.6 Å². The van der Waals surface area contributed by atoms with E-state index in [9.17, 15) is 4.79 Å². The summed E-state index contributed by atoms with van der Waals surface area (Å²) in [4.78, 5) is 12.2. The van der Waals surface area contributed by atoms with Gasteiger partial charge in [-0.3, -0.25) is 4.79 Å². The molecule has 0 bridgehead atoms. The molecule has 3 rings (SSSR count). The first kappa shape index (κ1) is 14.4. The van der Waals surface area contributed by atoms with Crippen molar-refractivity contribution in [3.63, 3.8) is 0 Å². The summed E-state index contributed by atoms with van der Waals surface area (Å²) in [7, 11) is 0. The molecule has 0 spiro atoms. The van der Waals surface area contributed by atoms with E-state index in [0.717, 1.165) is 12.2 Å². The second-order valence-electron chi connectivity index (χ2n) is 5.02. The molecule has 21 heavy (non-hydrogen) atoms. The number of para-hydroxylation sites is 1. The zero-order chi connectivity index (χ0) is 14.8. The molecule has 1 aliphatic heterocycles. The zero-order valence-corrected chi connectivity index (χ0v) is 13.5. The van der Waals surface area contributed by atoms with Gasteiger partial charge in [-0.1, -0.05) is 35.9 Å². The van der Waals surface area contributed by atoms with Crippen molar-refractivity contribution in [1.29, 1.82) is 0 Å². The molecule has 1 atom stereocenters. The van der Waals surface area contributed by atoms with Crippen molar-refractivity contribution in [3.8, 4) is 0 Å². The summed E-state index contributed by atoms with van der Waals surface area (Å²) in [5, 5.41) is 6.82. The third-order valence-corrected chi connectivity index (χ3v) is 4.99. The lowest BCUT2D eigenvalue weighted by Crippen LogP contribution is -2.17. The molecule has 0 aliphatic carbocycles. The molecule has 3 nitrogen and oxygen atoms in total. The van der Waals surface area contributed by atoms with E-state index in [1.807, 2.05) is 30.3 Å². The van der Waals surface area contributed by atoms with Crippen LogP contribution in [0.1, 0.15) is 17.9 Å².